The van der Waals surface area contributed by atoms with Gasteiger partial charge in [-0.05, 0) is 25.8 Å². The van der Waals surface area contributed by atoms with Crippen molar-refractivity contribution in [2.24, 2.45) is 11.8 Å². The topological polar surface area (TPSA) is 26.3 Å². The molecule has 1 aliphatic heterocycles. The van der Waals surface area contributed by atoms with Crippen LogP contribution in [0.3, 0.4) is 0 Å². The van der Waals surface area contributed by atoms with Crippen LogP contribution in [0.4, 0.5) is 0 Å². The van der Waals surface area contributed by atoms with E-state index in [9.17, 15) is 4.79 Å². The lowest BCUT2D eigenvalue weighted by Crippen LogP contribution is -2.21. The van der Waals surface area contributed by atoms with Crippen molar-refractivity contribution in [2.75, 3.05) is 0 Å². The summed E-state index contributed by atoms with van der Waals surface area (Å²) < 4.78 is 5.23. The van der Waals surface area contributed by atoms with Crippen molar-refractivity contribution in [3.63, 3.8) is 0 Å². The molecule has 2 heteroatoms. The molecule has 0 aromatic rings. The molecule has 2 nitrogen and oxygen atoms in total. The molecule has 0 spiro atoms. The van der Waals surface area contributed by atoms with Gasteiger partial charge < -0.3 is 4.74 Å². The Morgan fingerprint density at radius 1 is 1.58 bits per heavy atom. The highest BCUT2D eigenvalue weighted by atomic mass is 16.6. The second-order valence-electron chi connectivity index (χ2n) is 3.91. The fourth-order valence-corrected chi connectivity index (χ4v) is 2.12. The van der Waals surface area contributed by atoms with Gasteiger partial charge in [-0.25, -0.2) is 0 Å². The highest BCUT2D eigenvalue weighted by Gasteiger charge is 2.41. The number of allylic oxidation sites excluding steroid dienone is 1. The first-order valence-electron chi connectivity index (χ1n) is 4.56. The first-order valence-corrected chi connectivity index (χ1v) is 4.56. The summed E-state index contributed by atoms with van der Waals surface area (Å²) in [6, 6.07) is 0. The van der Waals surface area contributed by atoms with Crippen molar-refractivity contribution in [1.29, 1.82) is 0 Å². The van der Waals surface area contributed by atoms with Gasteiger partial charge in [-0.15, -0.1) is 0 Å². The molecule has 3 atom stereocenters. The Morgan fingerprint density at radius 3 is 3.08 bits per heavy atom. The van der Waals surface area contributed by atoms with E-state index >= 15 is 0 Å². The van der Waals surface area contributed by atoms with Crippen molar-refractivity contribution in [3.8, 4) is 0 Å². The fourth-order valence-electron chi connectivity index (χ4n) is 2.12. The summed E-state index contributed by atoms with van der Waals surface area (Å²) in [5.74, 6) is 0.538. The lowest BCUT2D eigenvalue weighted by Gasteiger charge is -2.22. The summed E-state index contributed by atoms with van der Waals surface area (Å²) in [7, 11) is 0. The minimum atomic E-state index is -0.0176. The quantitative estimate of drug-likeness (QED) is 0.406. The molecule has 1 aliphatic carbocycles. The molecule has 1 fully saturated rings. The van der Waals surface area contributed by atoms with Crippen LogP contribution in [-0.4, -0.2) is 12.1 Å². The Morgan fingerprint density at radius 2 is 2.33 bits per heavy atom. The molecule has 0 saturated carbocycles. The van der Waals surface area contributed by atoms with Crippen LogP contribution < -0.4 is 0 Å². The second kappa shape index (κ2) is 2.61. The number of rotatable bonds is 0. The Kier molecular flexibility index (Phi) is 1.71. The highest BCUT2D eigenvalue weighted by molar-refractivity contribution is 5.75. The minimum absolute atomic E-state index is 0.0176. The van der Waals surface area contributed by atoms with E-state index < -0.39 is 0 Å². The number of esters is 1. The number of hydrogen-bond donors (Lipinski definition) is 0. The normalized spacial score (nSPS) is 40.3. The van der Waals surface area contributed by atoms with Crippen molar-refractivity contribution in [2.45, 2.75) is 32.8 Å². The average Bonchev–Trinajstić information content (AvgIpc) is 2.28. The first kappa shape index (κ1) is 7.84. The lowest BCUT2D eigenvalue weighted by atomic mass is 9.82. The molecule has 0 aromatic carbocycles. The standard InChI is InChI=1S/C10H14O2/c1-6-3-4-8-7(2)10(11)12-9(8)5-6/h5,7-9H,3-4H2,1-2H3/t7?,8-,9?/m0/s1. The van der Waals surface area contributed by atoms with E-state index in [0.717, 1.165) is 12.8 Å². The molecule has 0 radical (unpaired) electrons. The predicted octanol–water partition coefficient (Wildman–Crippen LogP) is 1.90. The molecule has 0 aromatic heterocycles. The zero-order valence-corrected chi connectivity index (χ0v) is 7.54. The molecule has 2 rings (SSSR count). The van der Waals surface area contributed by atoms with Gasteiger partial charge in [0.25, 0.3) is 0 Å². The van der Waals surface area contributed by atoms with Crippen molar-refractivity contribution < 1.29 is 9.53 Å². The Balaban J connectivity index is 2.22. The van der Waals surface area contributed by atoms with E-state index in [-0.39, 0.29) is 18.0 Å². The molecular formula is C10H14O2. The monoisotopic (exact) mass is 166 g/mol. The zero-order chi connectivity index (χ0) is 8.72. The molecule has 1 heterocycles. The molecule has 0 amide bonds. The zero-order valence-electron chi connectivity index (χ0n) is 7.54. The molecule has 2 aliphatic rings. The van der Waals surface area contributed by atoms with E-state index in [0.29, 0.717) is 5.92 Å². The molecule has 2 unspecified atom stereocenters. The van der Waals surface area contributed by atoms with Gasteiger partial charge in [-0.1, -0.05) is 12.5 Å². The summed E-state index contributed by atoms with van der Waals surface area (Å²) >= 11 is 0. The first-order chi connectivity index (χ1) is 5.68. The number of hydrogen-bond acceptors (Lipinski definition) is 2. The van der Waals surface area contributed by atoms with Gasteiger partial charge in [-0.3, -0.25) is 4.79 Å². The van der Waals surface area contributed by atoms with E-state index in [2.05, 4.69) is 13.0 Å². The Bertz CT molecular complexity index is 242. The van der Waals surface area contributed by atoms with Gasteiger partial charge in [0.15, 0.2) is 0 Å². The van der Waals surface area contributed by atoms with Crippen LogP contribution >= 0.6 is 0 Å². The average molecular weight is 166 g/mol. The molecule has 1 saturated heterocycles. The van der Waals surface area contributed by atoms with E-state index in [1.807, 2.05) is 6.92 Å². The molecule has 0 bridgehead atoms. The third kappa shape index (κ3) is 1.06. The summed E-state index contributed by atoms with van der Waals surface area (Å²) in [4.78, 5) is 11.2. The van der Waals surface area contributed by atoms with E-state index in [1.54, 1.807) is 0 Å². The predicted molar refractivity (Wildman–Crippen MR) is 45.5 cm³/mol. The van der Waals surface area contributed by atoms with Gasteiger partial charge in [0.2, 0.25) is 0 Å². The number of ether oxygens (including phenoxy) is 1. The van der Waals surface area contributed by atoms with Crippen LogP contribution in [0, 0.1) is 11.8 Å². The molecule has 66 valence electrons. The molecule has 0 N–H and O–H groups in total. The largest absolute Gasteiger partial charge is 0.458 e. The second-order valence-corrected chi connectivity index (χ2v) is 3.91. The Hall–Kier alpha value is -0.790. The number of carbonyl (C=O) groups is 1. The van der Waals surface area contributed by atoms with Gasteiger partial charge in [0.1, 0.15) is 6.10 Å². The Labute approximate surface area is 72.6 Å². The van der Waals surface area contributed by atoms with Crippen LogP contribution in [0.1, 0.15) is 26.7 Å². The number of carbonyl (C=O) groups excluding carboxylic acids is 1. The van der Waals surface area contributed by atoms with E-state index in [1.165, 1.54) is 5.57 Å². The number of fused-ring (bicyclic) bond motifs is 1. The molecular weight excluding hydrogens is 152 g/mol. The summed E-state index contributed by atoms with van der Waals surface area (Å²) in [6.07, 6.45) is 4.43. The SMILES string of the molecule is CC1=CC2OC(=O)C(C)[C@@H]2CC1. The van der Waals surface area contributed by atoms with Crippen LogP contribution in [0.25, 0.3) is 0 Å². The smallest absolute Gasteiger partial charge is 0.309 e. The van der Waals surface area contributed by atoms with Gasteiger partial charge in [-0.2, -0.15) is 0 Å². The van der Waals surface area contributed by atoms with Crippen molar-refractivity contribution in [1.82, 2.24) is 0 Å². The lowest BCUT2D eigenvalue weighted by molar-refractivity contribution is -0.142. The summed E-state index contributed by atoms with van der Waals surface area (Å²) in [6.45, 7) is 4.08. The minimum Gasteiger partial charge on any atom is -0.458 e. The van der Waals surface area contributed by atoms with Crippen LogP contribution in [0.5, 0.6) is 0 Å². The maximum absolute atomic E-state index is 11.2. The van der Waals surface area contributed by atoms with Crippen LogP contribution in [0.2, 0.25) is 0 Å². The fraction of sp³-hybridized carbons (Fsp3) is 0.700. The van der Waals surface area contributed by atoms with Crippen molar-refractivity contribution in [3.05, 3.63) is 11.6 Å². The van der Waals surface area contributed by atoms with Crippen molar-refractivity contribution >= 4 is 5.97 Å². The third-order valence-electron chi connectivity index (χ3n) is 3.01. The van der Waals surface area contributed by atoms with Gasteiger partial charge >= 0.3 is 5.97 Å². The van der Waals surface area contributed by atoms with Crippen LogP contribution in [-0.2, 0) is 9.53 Å². The van der Waals surface area contributed by atoms with E-state index in [4.69, 9.17) is 4.74 Å². The molecule has 12 heavy (non-hydrogen) atoms. The maximum Gasteiger partial charge on any atom is 0.309 e. The summed E-state index contributed by atoms with van der Waals surface area (Å²) in [5, 5.41) is 0. The van der Waals surface area contributed by atoms with Crippen LogP contribution in [0.15, 0.2) is 11.6 Å². The highest BCUT2D eigenvalue weighted by Crippen LogP contribution is 2.37. The summed E-state index contributed by atoms with van der Waals surface area (Å²) in [5.41, 5.74) is 1.36. The third-order valence-corrected chi connectivity index (χ3v) is 3.01. The maximum atomic E-state index is 11.2. The van der Waals surface area contributed by atoms with Gasteiger partial charge in [0, 0.05) is 5.92 Å². The van der Waals surface area contributed by atoms with Gasteiger partial charge in [0.05, 0.1) is 5.92 Å².